The van der Waals surface area contributed by atoms with Crippen LogP contribution < -0.4 is 0 Å². The molecule has 2 aromatic carbocycles. The molecule has 0 fully saturated rings. The largest absolute Gasteiger partial charge is 0.508 e. The molecule has 0 spiro atoms. The van der Waals surface area contributed by atoms with Gasteiger partial charge in [0.1, 0.15) is 23.9 Å². The Morgan fingerprint density at radius 2 is 2.04 bits per heavy atom. The highest BCUT2D eigenvalue weighted by molar-refractivity contribution is 9.10. The Bertz CT molecular complexity index is 1020. The molecule has 0 atom stereocenters. The van der Waals surface area contributed by atoms with E-state index in [4.69, 9.17) is 0 Å². The summed E-state index contributed by atoms with van der Waals surface area (Å²) in [6.45, 7) is -0.0839. The lowest BCUT2D eigenvalue weighted by Crippen LogP contribution is -2.13. The number of tetrazole rings is 1. The van der Waals surface area contributed by atoms with Gasteiger partial charge in [0.25, 0.3) is 0 Å². The summed E-state index contributed by atoms with van der Waals surface area (Å²) in [7, 11) is 0. The van der Waals surface area contributed by atoms with Crippen LogP contribution in [0.5, 0.6) is 5.75 Å². The van der Waals surface area contributed by atoms with Gasteiger partial charge in [-0.2, -0.15) is 10.1 Å². The highest BCUT2D eigenvalue weighted by Crippen LogP contribution is 2.17. The van der Waals surface area contributed by atoms with Crippen LogP contribution >= 0.6 is 15.9 Å². The first-order valence-electron chi connectivity index (χ1n) is 7.53. The summed E-state index contributed by atoms with van der Waals surface area (Å²) < 4.78 is 0.881. The first-order valence-corrected chi connectivity index (χ1v) is 8.32. The number of allylic oxidation sites excluding steroid dienone is 1. The molecule has 0 aliphatic heterocycles. The molecule has 3 aromatic rings. The van der Waals surface area contributed by atoms with Crippen molar-refractivity contribution in [2.45, 2.75) is 6.54 Å². The molecular weight excluding hydrogens is 398 g/mol. The highest BCUT2D eigenvalue weighted by Gasteiger charge is 2.13. The standard InChI is InChI=1S/C18H12BrN5O2/c19-15-6-4-13(5-7-15)17(26)11-24-22-18(21-23-24)14(10-20)8-12-2-1-3-16(25)9-12/h1-9,25H,11H2/b14-8+. The summed E-state index contributed by atoms with van der Waals surface area (Å²) in [6.07, 6.45) is 1.54. The lowest BCUT2D eigenvalue weighted by molar-refractivity contribution is 0.0961. The van der Waals surface area contributed by atoms with E-state index < -0.39 is 0 Å². The van der Waals surface area contributed by atoms with Gasteiger partial charge in [-0.15, -0.1) is 10.2 Å². The number of nitrogens with zero attached hydrogens (tertiary/aromatic N) is 5. The fraction of sp³-hybridized carbons (Fsp3) is 0.0556. The Hall–Kier alpha value is -3.31. The molecule has 0 amide bonds. The van der Waals surface area contributed by atoms with Gasteiger partial charge in [0.2, 0.25) is 5.82 Å². The van der Waals surface area contributed by atoms with Gasteiger partial charge in [-0.3, -0.25) is 4.79 Å². The van der Waals surface area contributed by atoms with E-state index in [-0.39, 0.29) is 29.5 Å². The van der Waals surface area contributed by atoms with E-state index in [1.165, 1.54) is 18.2 Å². The summed E-state index contributed by atoms with van der Waals surface area (Å²) in [5, 5.41) is 30.6. The molecule has 1 heterocycles. The molecule has 0 saturated carbocycles. The maximum absolute atomic E-state index is 12.3. The second-order valence-corrected chi connectivity index (χ2v) is 6.25. The summed E-state index contributed by atoms with van der Waals surface area (Å²) in [4.78, 5) is 13.4. The number of nitriles is 1. The second-order valence-electron chi connectivity index (χ2n) is 5.34. The van der Waals surface area contributed by atoms with Gasteiger partial charge in [0.15, 0.2) is 5.78 Å². The van der Waals surface area contributed by atoms with Crippen molar-refractivity contribution >= 4 is 33.4 Å². The Morgan fingerprint density at radius 1 is 1.27 bits per heavy atom. The van der Waals surface area contributed by atoms with Crippen molar-refractivity contribution in [3.63, 3.8) is 0 Å². The van der Waals surface area contributed by atoms with E-state index in [9.17, 15) is 15.2 Å². The fourth-order valence-corrected chi connectivity index (χ4v) is 2.47. The van der Waals surface area contributed by atoms with Crippen molar-refractivity contribution in [3.8, 4) is 11.8 Å². The molecule has 0 saturated heterocycles. The van der Waals surface area contributed by atoms with E-state index in [0.717, 1.165) is 9.27 Å². The first-order chi connectivity index (χ1) is 12.5. The molecule has 1 N–H and O–H groups in total. The molecule has 0 aliphatic carbocycles. The number of aromatic nitrogens is 4. The van der Waals surface area contributed by atoms with E-state index in [0.29, 0.717) is 11.1 Å². The van der Waals surface area contributed by atoms with Crippen LogP contribution in [0.15, 0.2) is 53.0 Å². The lowest BCUT2D eigenvalue weighted by atomic mass is 10.1. The number of carbonyl (C=O) groups excluding carboxylic acids is 1. The molecule has 0 bridgehead atoms. The molecule has 8 heteroatoms. The van der Waals surface area contributed by atoms with Gasteiger partial charge in [0, 0.05) is 10.0 Å². The Labute approximate surface area is 157 Å². The van der Waals surface area contributed by atoms with Gasteiger partial charge < -0.3 is 5.11 Å². The third-order valence-corrected chi connectivity index (χ3v) is 3.98. The SMILES string of the molecule is N#C/C(=C\c1cccc(O)c1)c1nnn(CC(=O)c2ccc(Br)cc2)n1. The Kier molecular flexibility index (Phi) is 5.20. The van der Waals surface area contributed by atoms with E-state index in [1.807, 2.05) is 6.07 Å². The fourth-order valence-electron chi connectivity index (χ4n) is 2.20. The molecule has 0 unspecified atom stereocenters. The normalized spacial score (nSPS) is 11.2. The summed E-state index contributed by atoms with van der Waals surface area (Å²) in [5.41, 5.74) is 1.34. The Morgan fingerprint density at radius 3 is 2.73 bits per heavy atom. The van der Waals surface area contributed by atoms with Crippen LogP contribution in [0, 0.1) is 11.3 Å². The number of Topliss-reactive ketones (excluding diaryl/α,β-unsaturated/α-hetero) is 1. The number of aromatic hydroxyl groups is 1. The summed E-state index contributed by atoms with van der Waals surface area (Å²) >= 11 is 3.32. The van der Waals surface area contributed by atoms with Crippen molar-refractivity contribution in [2.75, 3.05) is 0 Å². The van der Waals surface area contributed by atoms with Crippen LogP contribution in [-0.2, 0) is 6.54 Å². The van der Waals surface area contributed by atoms with Gasteiger partial charge in [-0.05, 0) is 41.1 Å². The summed E-state index contributed by atoms with van der Waals surface area (Å²) in [5.74, 6) is 0.0316. The molecule has 7 nitrogen and oxygen atoms in total. The zero-order valence-electron chi connectivity index (χ0n) is 13.4. The first kappa shape index (κ1) is 17.5. The maximum Gasteiger partial charge on any atom is 0.215 e. The zero-order valence-corrected chi connectivity index (χ0v) is 15.0. The third-order valence-electron chi connectivity index (χ3n) is 3.45. The number of phenolic OH excluding ortho intramolecular Hbond substituents is 1. The van der Waals surface area contributed by atoms with E-state index >= 15 is 0 Å². The molecular formula is C18H12BrN5O2. The van der Waals surface area contributed by atoms with Crippen LogP contribution in [0.4, 0.5) is 0 Å². The van der Waals surface area contributed by atoms with Crippen molar-refractivity contribution in [3.05, 3.63) is 70.0 Å². The van der Waals surface area contributed by atoms with Crippen LogP contribution in [0.1, 0.15) is 21.7 Å². The number of ketones is 1. The second kappa shape index (κ2) is 7.72. The van der Waals surface area contributed by atoms with Crippen LogP contribution in [0.2, 0.25) is 0 Å². The highest BCUT2D eigenvalue weighted by atomic mass is 79.9. The topological polar surface area (TPSA) is 105 Å². The average molecular weight is 410 g/mol. The predicted molar refractivity (Wildman–Crippen MR) is 97.9 cm³/mol. The monoisotopic (exact) mass is 409 g/mol. The quantitative estimate of drug-likeness (QED) is 0.512. The van der Waals surface area contributed by atoms with Gasteiger partial charge in [-0.1, -0.05) is 40.2 Å². The van der Waals surface area contributed by atoms with Crippen molar-refractivity contribution in [1.82, 2.24) is 20.2 Å². The van der Waals surface area contributed by atoms with Crippen LogP contribution in [0.25, 0.3) is 11.6 Å². The van der Waals surface area contributed by atoms with Crippen molar-refractivity contribution in [1.29, 1.82) is 5.26 Å². The number of phenols is 1. The number of halogens is 1. The molecule has 1 aromatic heterocycles. The number of carbonyl (C=O) groups is 1. The summed E-state index contributed by atoms with van der Waals surface area (Å²) in [6, 6.07) is 15.4. The molecule has 3 rings (SSSR count). The Balaban J connectivity index is 1.79. The number of hydrogen-bond donors (Lipinski definition) is 1. The van der Waals surface area contributed by atoms with Crippen molar-refractivity contribution in [2.24, 2.45) is 0 Å². The molecule has 26 heavy (non-hydrogen) atoms. The lowest BCUT2D eigenvalue weighted by Gasteiger charge is -2.00. The molecule has 0 aliphatic rings. The minimum Gasteiger partial charge on any atom is -0.508 e. The van der Waals surface area contributed by atoms with E-state index in [1.54, 1.807) is 36.4 Å². The minimum absolute atomic E-state index is 0.0839. The van der Waals surface area contributed by atoms with Gasteiger partial charge in [-0.25, -0.2) is 0 Å². The van der Waals surface area contributed by atoms with Gasteiger partial charge >= 0.3 is 0 Å². The molecule has 0 radical (unpaired) electrons. The van der Waals surface area contributed by atoms with Crippen molar-refractivity contribution < 1.29 is 9.90 Å². The predicted octanol–water partition coefficient (Wildman–Crippen LogP) is 3.09. The molecule has 128 valence electrons. The number of hydrogen-bond acceptors (Lipinski definition) is 6. The van der Waals surface area contributed by atoms with Crippen LogP contribution in [-0.4, -0.2) is 31.1 Å². The maximum atomic E-state index is 12.3. The zero-order chi connectivity index (χ0) is 18.5. The smallest absolute Gasteiger partial charge is 0.215 e. The average Bonchev–Trinajstić information content (AvgIpc) is 3.08. The van der Waals surface area contributed by atoms with Gasteiger partial charge in [0.05, 0.1) is 0 Å². The van der Waals surface area contributed by atoms with Crippen LogP contribution in [0.3, 0.4) is 0 Å². The number of rotatable bonds is 5. The van der Waals surface area contributed by atoms with E-state index in [2.05, 4.69) is 31.3 Å². The minimum atomic E-state index is -0.170. The third kappa shape index (κ3) is 4.20. The number of benzene rings is 2.